The van der Waals surface area contributed by atoms with Crippen LogP contribution in [0.5, 0.6) is 5.75 Å². The number of carbonyl (C=O) groups is 3. The molecule has 0 atom stereocenters. The first kappa shape index (κ1) is 20.4. The third kappa shape index (κ3) is 7.17. The molecule has 0 aliphatic carbocycles. The first-order chi connectivity index (χ1) is 12.6. The van der Waals surface area contributed by atoms with Gasteiger partial charge in [-0.1, -0.05) is 12.1 Å². The molecule has 1 heterocycles. The molecular weight excluding hydrogens is 376 g/mol. The van der Waals surface area contributed by atoms with Crippen molar-refractivity contribution in [3.05, 3.63) is 29.8 Å². The largest absolute Gasteiger partial charge is 0.482 e. The SMILES string of the molecule is CCNC(=O)CNC(=O)COC(=O)COc1ccc(C2SCCS2)cc1. The smallest absolute Gasteiger partial charge is 0.344 e. The number of hydrogen-bond acceptors (Lipinski definition) is 7. The third-order valence-corrected chi connectivity index (χ3v) is 6.42. The van der Waals surface area contributed by atoms with Gasteiger partial charge in [-0.3, -0.25) is 9.59 Å². The molecule has 1 fully saturated rings. The van der Waals surface area contributed by atoms with Gasteiger partial charge in [-0.15, -0.1) is 23.5 Å². The molecule has 0 aromatic heterocycles. The molecule has 1 aromatic carbocycles. The molecule has 9 heteroatoms. The molecule has 2 amide bonds. The molecule has 0 unspecified atom stereocenters. The van der Waals surface area contributed by atoms with Crippen molar-refractivity contribution in [2.75, 3.05) is 37.8 Å². The Labute approximate surface area is 160 Å². The van der Waals surface area contributed by atoms with E-state index in [0.29, 0.717) is 16.9 Å². The van der Waals surface area contributed by atoms with E-state index < -0.39 is 18.5 Å². The van der Waals surface area contributed by atoms with Gasteiger partial charge in [-0.2, -0.15) is 0 Å². The fourth-order valence-electron chi connectivity index (χ4n) is 2.09. The first-order valence-corrected chi connectivity index (χ1v) is 10.3. The molecule has 2 rings (SSSR count). The minimum atomic E-state index is -0.649. The number of rotatable bonds is 9. The molecule has 0 bridgehead atoms. The molecule has 0 saturated carbocycles. The first-order valence-electron chi connectivity index (χ1n) is 8.23. The van der Waals surface area contributed by atoms with E-state index in [1.165, 1.54) is 5.56 Å². The lowest BCUT2D eigenvalue weighted by Crippen LogP contribution is -2.38. The molecule has 1 aliphatic heterocycles. The van der Waals surface area contributed by atoms with Crippen LogP contribution in [0.25, 0.3) is 0 Å². The van der Waals surface area contributed by atoms with Crippen LogP contribution in [0.4, 0.5) is 0 Å². The van der Waals surface area contributed by atoms with Crippen LogP contribution >= 0.6 is 23.5 Å². The number of esters is 1. The average Bonchev–Trinajstić information content (AvgIpc) is 3.18. The van der Waals surface area contributed by atoms with Crippen LogP contribution in [-0.2, 0) is 19.1 Å². The van der Waals surface area contributed by atoms with Gasteiger partial charge in [0.15, 0.2) is 13.2 Å². The van der Waals surface area contributed by atoms with Gasteiger partial charge in [-0.05, 0) is 24.6 Å². The number of amides is 2. The Hall–Kier alpha value is -1.87. The van der Waals surface area contributed by atoms with E-state index >= 15 is 0 Å². The molecule has 2 N–H and O–H groups in total. The van der Waals surface area contributed by atoms with E-state index in [1.807, 2.05) is 47.8 Å². The highest BCUT2D eigenvalue weighted by molar-refractivity contribution is 8.19. The number of thioether (sulfide) groups is 2. The summed E-state index contributed by atoms with van der Waals surface area (Å²) in [6.07, 6.45) is 0. The standard InChI is InChI=1S/C17H22N2O5S2/c1-2-18-14(20)9-19-15(21)10-24-16(22)11-23-13-5-3-12(4-6-13)17-25-7-8-26-17/h3-6,17H,2,7-11H2,1H3,(H,18,20)(H,19,21). The van der Waals surface area contributed by atoms with Gasteiger partial charge < -0.3 is 20.1 Å². The van der Waals surface area contributed by atoms with Crippen LogP contribution in [0, 0.1) is 0 Å². The Morgan fingerprint density at radius 1 is 1.04 bits per heavy atom. The monoisotopic (exact) mass is 398 g/mol. The Bertz CT molecular complexity index is 618. The fourth-order valence-corrected chi connectivity index (χ4v) is 4.95. The summed E-state index contributed by atoms with van der Waals surface area (Å²) in [7, 11) is 0. The quantitative estimate of drug-likeness (QED) is 0.606. The summed E-state index contributed by atoms with van der Waals surface area (Å²) in [6, 6.07) is 7.62. The van der Waals surface area contributed by atoms with Gasteiger partial charge in [0.05, 0.1) is 11.1 Å². The average molecular weight is 399 g/mol. The van der Waals surface area contributed by atoms with Crippen LogP contribution in [0.1, 0.15) is 17.1 Å². The Morgan fingerprint density at radius 2 is 1.73 bits per heavy atom. The van der Waals surface area contributed by atoms with Crippen LogP contribution in [0.15, 0.2) is 24.3 Å². The molecule has 26 heavy (non-hydrogen) atoms. The highest BCUT2D eigenvalue weighted by atomic mass is 32.2. The van der Waals surface area contributed by atoms with Crippen molar-refractivity contribution in [2.45, 2.75) is 11.5 Å². The molecule has 1 aromatic rings. The molecule has 1 saturated heterocycles. The van der Waals surface area contributed by atoms with Gasteiger partial charge in [0.2, 0.25) is 5.91 Å². The van der Waals surface area contributed by atoms with Crippen molar-refractivity contribution in [1.82, 2.24) is 10.6 Å². The summed E-state index contributed by atoms with van der Waals surface area (Å²) in [5.74, 6) is 1.41. The van der Waals surface area contributed by atoms with Crippen molar-refractivity contribution >= 4 is 41.3 Å². The maximum absolute atomic E-state index is 11.6. The lowest BCUT2D eigenvalue weighted by molar-refractivity contribution is -0.150. The second-order valence-corrected chi connectivity index (χ2v) is 8.05. The van der Waals surface area contributed by atoms with Crippen molar-refractivity contribution in [3.8, 4) is 5.75 Å². The lowest BCUT2D eigenvalue weighted by atomic mass is 10.2. The zero-order valence-corrected chi connectivity index (χ0v) is 16.1. The van der Waals surface area contributed by atoms with Gasteiger partial charge in [-0.25, -0.2) is 4.79 Å². The lowest BCUT2D eigenvalue weighted by Gasteiger charge is -2.10. The highest BCUT2D eigenvalue weighted by Gasteiger charge is 2.18. The Morgan fingerprint density at radius 3 is 2.38 bits per heavy atom. The van der Waals surface area contributed by atoms with E-state index in [2.05, 4.69) is 10.6 Å². The van der Waals surface area contributed by atoms with E-state index in [4.69, 9.17) is 9.47 Å². The van der Waals surface area contributed by atoms with Crippen molar-refractivity contribution in [3.63, 3.8) is 0 Å². The number of benzene rings is 1. The molecule has 0 spiro atoms. The number of ether oxygens (including phenoxy) is 2. The van der Waals surface area contributed by atoms with Gasteiger partial charge in [0.25, 0.3) is 5.91 Å². The molecule has 1 aliphatic rings. The summed E-state index contributed by atoms with van der Waals surface area (Å²) in [4.78, 5) is 34.3. The molecular formula is C17H22N2O5S2. The zero-order chi connectivity index (χ0) is 18.8. The summed E-state index contributed by atoms with van der Waals surface area (Å²) < 4.78 is 10.6. The van der Waals surface area contributed by atoms with Gasteiger partial charge in [0, 0.05) is 18.1 Å². The van der Waals surface area contributed by atoms with E-state index in [1.54, 1.807) is 6.92 Å². The Kier molecular flexibility index (Phi) is 8.63. The van der Waals surface area contributed by atoms with Gasteiger partial charge in [0.1, 0.15) is 5.75 Å². The summed E-state index contributed by atoms with van der Waals surface area (Å²) >= 11 is 3.84. The molecule has 142 valence electrons. The second-order valence-electron chi connectivity index (χ2n) is 5.32. The van der Waals surface area contributed by atoms with E-state index in [9.17, 15) is 14.4 Å². The van der Waals surface area contributed by atoms with Crippen molar-refractivity contribution in [2.24, 2.45) is 0 Å². The minimum Gasteiger partial charge on any atom is -0.482 e. The second kappa shape index (κ2) is 11.0. The van der Waals surface area contributed by atoms with Crippen LogP contribution in [-0.4, -0.2) is 55.6 Å². The minimum absolute atomic E-state index is 0.148. The van der Waals surface area contributed by atoms with Crippen LogP contribution in [0.2, 0.25) is 0 Å². The van der Waals surface area contributed by atoms with Crippen LogP contribution in [0.3, 0.4) is 0 Å². The van der Waals surface area contributed by atoms with E-state index in [-0.39, 0.29) is 19.1 Å². The Balaban J connectivity index is 1.63. The zero-order valence-electron chi connectivity index (χ0n) is 14.5. The molecule has 0 radical (unpaired) electrons. The molecule has 7 nitrogen and oxygen atoms in total. The highest BCUT2D eigenvalue weighted by Crippen LogP contribution is 2.45. The van der Waals surface area contributed by atoms with Crippen LogP contribution < -0.4 is 15.4 Å². The van der Waals surface area contributed by atoms with E-state index in [0.717, 1.165) is 11.5 Å². The maximum Gasteiger partial charge on any atom is 0.344 e. The predicted molar refractivity (Wildman–Crippen MR) is 102 cm³/mol. The van der Waals surface area contributed by atoms with Gasteiger partial charge >= 0.3 is 5.97 Å². The normalized spacial score (nSPS) is 13.9. The predicted octanol–water partition coefficient (Wildman–Crippen LogP) is 1.34. The summed E-state index contributed by atoms with van der Waals surface area (Å²) in [5, 5.41) is 4.90. The maximum atomic E-state index is 11.6. The summed E-state index contributed by atoms with van der Waals surface area (Å²) in [6.45, 7) is 1.39. The number of likely N-dealkylation sites (N-methyl/N-ethyl adjacent to an activating group) is 1. The number of carbonyl (C=O) groups excluding carboxylic acids is 3. The third-order valence-electron chi connectivity index (χ3n) is 3.32. The number of nitrogens with one attached hydrogen (secondary N) is 2. The van der Waals surface area contributed by atoms with Crippen molar-refractivity contribution in [1.29, 1.82) is 0 Å². The summed E-state index contributed by atoms with van der Waals surface area (Å²) in [5.41, 5.74) is 1.23. The fraction of sp³-hybridized carbons (Fsp3) is 0.471. The number of hydrogen-bond donors (Lipinski definition) is 2. The van der Waals surface area contributed by atoms with Crippen molar-refractivity contribution < 1.29 is 23.9 Å². The topological polar surface area (TPSA) is 93.7 Å².